The molecule has 2 rings (SSSR count). The molecule has 0 fully saturated rings. The number of nitrogens with two attached hydrogens (primary N) is 1. The van der Waals surface area contributed by atoms with Crippen LogP contribution in [0.5, 0.6) is 0 Å². The summed E-state index contributed by atoms with van der Waals surface area (Å²) in [6.07, 6.45) is 0. The zero-order chi connectivity index (χ0) is 15.7. The summed E-state index contributed by atoms with van der Waals surface area (Å²) in [6.45, 7) is 1.37. The lowest BCUT2D eigenvalue weighted by atomic mass is 10.1. The number of hydrogen-bond donors (Lipinski definition) is 1. The maximum atomic E-state index is 12.3. The molecule has 1 aromatic carbocycles. The Hall–Kier alpha value is -2.54. The number of esters is 1. The van der Waals surface area contributed by atoms with Gasteiger partial charge in [-0.2, -0.15) is 0 Å². The molecule has 2 amide bonds. The van der Waals surface area contributed by atoms with Gasteiger partial charge in [-0.05, 0) is 19.1 Å². The van der Waals surface area contributed by atoms with Crippen LogP contribution in [0.25, 0.3) is 0 Å². The van der Waals surface area contributed by atoms with Crippen LogP contribution in [0.15, 0.2) is 24.3 Å². The fraction of sp³-hybridized carbons (Fsp3) is 0.286. The van der Waals surface area contributed by atoms with Crippen molar-refractivity contribution in [3.8, 4) is 0 Å². The third-order valence-corrected chi connectivity index (χ3v) is 3.23. The summed E-state index contributed by atoms with van der Waals surface area (Å²) in [5.74, 6) is -3.16. The van der Waals surface area contributed by atoms with Crippen molar-refractivity contribution in [3.63, 3.8) is 0 Å². The van der Waals surface area contributed by atoms with E-state index in [0.717, 1.165) is 7.11 Å². The highest BCUT2D eigenvalue weighted by Crippen LogP contribution is 2.25. The zero-order valence-corrected chi connectivity index (χ0v) is 11.5. The van der Waals surface area contributed by atoms with Crippen LogP contribution in [0, 0.1) is 0 Å². The monoisotopic (exact) mass is 290 g/mol. The number of hydrogen-bond acceptors (Lipinski definition) is 6. The number of ether oxygens (including phenoxy) is 1. The predicted octanol–water partition coefficient (Wildman–Crippen LogP) is -0.259. The molecule has 110 valence electrons. The van der Waals surface area contributed by atoms with E-state index in [1.165, 1.54) is 19.1 Å². The Labute approximate surface area is 120 Å². The van der Waals surface area contributed by atoms with Gasteiger partial charge >= 0.3 is 5.97 Å². The number of ketones is 1. The van der Waals surface area contributed by atoms with Crippen molar-refractivity contribution in [1.82, 2.24) is 4.90 Å². The van der Waals surface area contributed by atoms with E-state index in [2.05, 4.69) is 4.74 Å². The van der Waals surface area contributed by atoms with Crippen molar-refractivity contribution in [2.45, 2.75) is 19.0 Å². The van der Waals surface area contributed by atoms with Gasteiger partial charge in [-0.3, -0.25) is 19.3 Å². The highest BCUT2D eigenvalue weighted by atomic mass is 16.5. The highest BCUT2D eigenvalue weighted by molar-refractivity contribution is 6.25. The molecule has 1 aromatic rings. The van der Waals surface area contributed by atoms with Gasteiger partial charge in [-0.25, -0.2) is 4.79 Å². The standard InChI is InChI=1S/C14H14N2O5/c1-7(15)11(17)10(14(20)21-2)16-12(18)8-5-3-4-6-9(8)13(16)19/h3-7,10H,15H2,1-2H3/t7-,10-/m0/s1. The zero-order valence-electron chi connectivity index (χ0n) is 11.5. The maximum absolute atomic E-state index is 12.3. The molecule has 1 aliphatic rings. The molecule has 2 atom stereocenters. The van der Waals surface area contributed by atoms with Crippen LogP contribution >= 0.6 is 0 Å². The van der Waals surface area contributed by atoms with Crippen LogP contribution in [-0.4, -0.2) is 47.7 Å². The van der Waals surface area contributed by atoms with E-state index in [4.69, 9.17) is 5.73 Å². The van der Waals surface area contributed by atoms with Gasteiger partial charge in [0.25, 0.3) is 11.8 Å². The normalized spacial score (nSPS) is 16.4. The molecule has 0 bridgehead atoms. The summed E-state index contributed by atoms with van der Waals surface area (Å²) in [5.41, 5.74) is 5.78. The Morgan fingerprint density at radius 1 is 1.14 bits per heavy atom. The first kappa shape index (κ1) is 14.9. The average molecular weight is 290 g/mol. The summed E-state index contributed by atoms with van der Waals surface area (Å²) in [5, 5.41) is 0. The Kier molecular flexibility index (Phi) is 3.86. The van der Waals surface area contributed by atoms with Gasteiger partial charge in [0.15, 0.2) is 11.8 Å². The smallest absolute Gasteiger partial charge is 0.336 e. The van der Waals surface area contributed by atoms with E-state index < -0.39 is 35.7 Å². The summed E-state index contributed by atoms with van der Waals surface area (Å²) < 4.78 is 4.53. The molecular formula is C14H14N2O5. The number of nitrogens with zero attached hydrogens (tertiary/aromatic N) is 1. The predicted molar refractivity (Wildman–Crippen MR) is 71.4 cm³/mol. The second-order valence-electron chi connectivity index (χ2n) is 4.64. The second kappa shape index (κ2) is 5.45. The van der Waals surface area contributed by atoms with Crippen molar-refractivity contribution in [3.05, 3.63) is 35.4 Å². The van der Waals surface area contributed by atoms with E-state index in [9.17, 15) is 19.2 Å². The SMILES string of the molecule is COC(=O)[C@H](C(=O)[C@H](C)N)N1C(=O)c2ccccc2C1=O. The molecule has 1 heterocycles. The van der Waals surface area contributed by atoms with Crippen LogP contribution in [0.3, 0.4) is 0 Å². The number of methoxy groups -OCH3 is 1. The molecule has 0 unspecified atom stereocenters. The lowest BCUT2D eigenvalue weighted by molar-refractivity contribution is -0.149. The van der Waals surface area contributed by atoms with Gasteiger partial charge < -0.3 is 10.5 Å². The molecule has 0 aromatic heterocycles. The van der Waals surface area contributed by atoms with E-state index in [-0.39, 0.29) is 11.1 Å². The number of fused-ring (bicyclic) bond motifs is 1. The quantitative estimate of drug-likeness (QED) is 0.465. The molecule has 0 aliphatic carbocycles. The van der Waals surface area contributed by atoms with Crippen LogP contribution in [-0.2, 0) is 14.3 Å². The van der Waals surface area contributed by atoms with Crippen LogP contribution in [0.4, 0.5) is 0 Å². The Bertz CT molecular complexity index is 603. The molecule has 0 saturated carbocycles. The highest BCUT2D eigenvalue weighted by Gasteiger charge is 2.47. The van der Waals surface area contributed by atoms with E-state index >= 15 is 0 Å². The van der Waals surface area contributed by atoms with Crippen molar-refractivity contribution in [1.29, 1.82) is 0 Å². The number of carbonyl (C=O) groups excluding carboxylic acids is 4. The average Bonchev–Trinajstić information content (AvgIpc) is 2.72. The molecule has 7 heteroatoms. The fourth-order valence-corrected chi connectivity index (χ4v) is 2.15. The van der Waals surface area contributed by atoms with E-state index in [0.29, 0.717) is 4.90 Å². The van der Waals surface area contributed by atoms with Gasteiger partial charge in [0.2, 0.25) is 0 Å². The fourth-order valence-electron chi connectivity index (χ4n) is 2.15. The molecular weight excluding hydrogens is 276 g/mol. The third kappa shape index (κ3) is 2.31. The summed E-state index contributed by atoms with van der Waals surface area (Å²) in [7, 11) is 1.07. The third-order valence-electron chi connectivity index (χ3n) is 3.23. The second-order valence-corrected chi connectivity index (χ2v) is 4.64. The molecule has 2 N–H and O–H groups in total. The molecule has 1 aliphatic heterocycles. The molecule has 21 heavy (non-hydrogen) atoms. The lowest BCUT2D eigenvalue weighted by Crippen LogP contribution is -2.54. The minimum atomic E-state index is -1.66. The topological polar surface area (TPSA) is 107 Å². The largest absolute Gasteiger partial charge is 0.467 e. The summed E-state index contributed by atoms with van der Waals surface area (Å²) in [4.78, 5) is 49.2. The first-order valence-electron chi connectivity index (χ1n) is 6.24. The van der Waals surface area contributed by atoms with Crippen LogP contribution in [0.2, 0.25) is 0 Å². The minimum Gasteiger partial charge on any atom is -0.467 e. The number of amides is 2. The van der Waals surface area contributed by atoms with E-state index in [1.54, 1.807) is 12.1 Å². The van der Waals surface area contributed by atoms with Crippen LogP contribution in [0.1, 0.15) is 27.6 Å². The van der Waals surface area contributed by atoms with E-state index in [1.807, 2.05) is 0 Å². The summed E-state index contributed by atoms with van der Waals surface area (Å²) in [6, 6.07) is 3.42. The summed E-state index contributed by atoms with van der Waals surface area (Å²) >= 11 is 0. The molecule has 0 spiro atoms. The first-order chi connectivity index (χ1) is 9.90. The van der Waals surface area contributed by atoms with Crippen molar-refractivity contribution < 1.29 is 23.9 Å². The Morgan fingerprint density at radius 3 is 2.00 bits per heavy atom. The van der Waals surface area contributed by atoms with Crippen LogP contribution < -0.4 is 5.73 Å². The number of imide groups is 1. The van der Waals surface area contributed by atoms with Gasteiger partial charge in [0.1, 0.15) is 0 Å². The first-order valence-corrected chi connectivity index (χ1v) is 6.24. The number of Topliss-reactive ketones (excluding diaryl/α,β-unsaturated/α-hetero) is 1. The molecule has 7 nitrogen and oxygen atoms in total. The Morgan fingerprint density at radius 2 is 1.62 bits per heavy atom. The van der Waals surface area contributed by atoms with Gasteiger partial charge in [-0.15, -0.1) is 0 Å². The number of carbonyl (C=O) groups is 4. The van der Waals surface area contributed by atoms with Gasteiger partial charge in [-0.1, -0.05) is 12.1 Å². The van der Waals surface area contributed by atoms with Gasteiger partial charge in [0, 0.05) is 0 Å². The lowest BCUT2D eigenvalue weighted by Gasteiger charge is -2.23. The molecule has 0 saturated heterocycles. The van der Waals surface area contributed by atoms with Crippen molar-refractivity contribution >= 4 is 23.6 Å². The van der Waals surface area contributed by atoms with Crippen molar-refractivity contribution in [2.24, 2.45) is 5.73 Å². The number of benzene rings is 1. The maximum Gasteiger partial charge on any atom is 0.336 e. The molecule has 0 radical (unpaired) electrons. The minimum absolute atomic E-state index is 0.147. The number of rotatable bonds is 4. The Balaban J connectivity index is 2.48. The van der Waals surface area contributed by atoms with Gasteiger partial charge in [0.05, 0.1) is 24.3 Å². The van der Waals surface area contributed by atoms with Crippen molar-refractivity contribution in [2.75, 3.05) is 7.11 Å².